The standard InChI is InChI=1S/C18H18F5N3O.C11H16N2S/c1-2-12-3-5-13(6-4-12)16-24-11-26(25-16)14-7-9-15(10-8-14)27-18(22,23)17(19,20)21;1-8(2)9-6-4-5-7-10(9)13-11(14)12-3/h5,7-12H,2-4,6H2,1H3;4-8H,1-3H3,(H2,12,13,14). The number of nitrogens with zero attached hydrogens (tertiary/aromatic N) is 3. The number of aromatic nitrogens is 3. The third kappa shape index (κ3) is 8.72. The number of benzene rings is 2. The van der Waals surface area contributed by atoms with Crippen LogP contribution in [0.3, 0.4) is 0 Å². The zero-order chi connectivity index (χ0) is 30.2. The van der Waals surface area contributed by atoms with Crippen molar-refractivity contribution in [1.29, 1.82) is 0 Å². The Kier molecular flexibility index (Phi) is 10.8. The minimum atomic E-state index is -5.78. The Bertz CT molecular complexity index is 1320. The summed E-state index contributed by atoms with van der Waals surface area (Å²) in [5.41, 5.74) is 3.90. The first-order valence-corrected chi connectivity index (χ1v) is 13.7. The number of anilines is 1. The second-order valence-electron chi connectivity index (χ2n) is 9.85. The average molecular weight is 596 g/mol. The smallest absolute Gasteiger partial charge is 0.426 e. The van der Waals surface area contributed by atoms with Gasteiger partial charge in [0, 0.05) is 12.7 Å². The highest BCUT2D eigenvalue weighted by atomic mass is 32.1. The van der Waals surface area contributed by atoms with Gasteiger partial charge in [0.05, 0.1) is 5.69 Å². The monoisotopic (exact) mass is 595 g/mol. The molecule has 3 aromatic rings. The Labute approximate surface area is 242 Å². The Balaban J connectivity index is 0.000000278. The number of halogens is 5. The molecule has 2 N–H and O–H groups in total. The molecule has 1 atom stereocenters. The number of hydrogen-bond donors (Lipinski definition) is 2. The van der Waals surface area contributed by atoms with Gasteiger partial charge in [-0.3, -0.25) is 0 Å². The number of ether oxygens (including phenoxy) is 1. The van der Waals surface area contributed by atoms with Crippen LogP contribution in [0.1, 0.15) is 63.8 Å². The lowest BCUT2D eigenvalue weighted by molar-refractivity contribution is -0.360. The third-order valence-corrected chi connectivity index (χ3v) is 6.92. The molecule has 0 amide bonds. The van der Waals surface area contributed by atoms with Gasteiger partial charge < -0.3 is 15.4 Å². The van der Waals surface area contributed by atoms with Crippen LogP contribution in [-0.2, 0) is 0 Å². The largest absolute Gasteiger partial charge is 0.499 e. The molecule has 0 saturated heterocycles. The molecule has 6 nitrogen and oxygen atoms in total. The maximum Gasteiger partial charge on any atom is 0.499 e. The Morgan fingerprint density at radius 3 is 2.34 bits per heavy atom. The van der Waals surface area contributed by atoms with Gasteiger partial charge in [0.15, 0.2) is 10.9 Å². The highest BCUT2D eigenvalue weighted by Crippen LogP contribution is 2.37. The number of alkyl halides is 5. The zero-order valence-electron chi connectivity index (χ0n) is 23.3. The summed E-state index contributed by atoms with van der Waals surface area (Å²) < 4.78 is 67.6. The highest BCUT2D eigenvalue weighted by Gasteiger charge is 2.61. The fourth-order valence-electron chi connectivity index (χ4n) is 4.17. The minimum absolute atomic E-state index is 0.472. The molecule has 1 aromatic heterocycles. The molecular formula is C29H34F5N5OS. The van der Waals surface area contributed by atoms with Crippen LogP contribution in [0, 0.1) is 5.92 Å². The molecule has 41 heavy (non-hydrogen) atoms. The lowest BCUT2D eigenvalue weighted by Crippen LogP contribution is -2.41. The number of rotatable bonds is 7. The van der Waals surface area contributed by atoms with Crippen molar-refractivity contribution < 1.29 is 26.7 Å². The van der Waals surface area contributed by atoms with Crippen LogP contribution in [-0.4, -0.2) is 39.2 Å². The van der Waals surface area contributed by atoms with Gasteiger partial charge in [0.1, 0.15) is 12.1 Å². The molecular weight excluding hydrogens is 561 g/mol. The predicted octanol–water partition coefficient (Wildman–Crippen LogP) is 8.12. The highest BCUT2D eigenvalue weighted by molar-refractivity contribution is 7.80. The summed E-state index contributed by atoms with van der Waals surface area (Å²) in [5.74, 6) is 1.17. The Morgan fingerprint density at radius 2 is 1.78 bits per heavy atom. The lowest BCUT2D eigenvalue weighted by Gasteiger charge is -2.20. The molecule has 1 aliphatic rings. The first-order chi connectivity index (χ1) is 19.3. The summed E-state index contributed by atoms with van der Waals surface area (Å²) in [6.45, 7) is 6.50. The van der Waals surface area contributed by atoms with Crippen LogP contribution in [0.2, 0.25) is 0 Å². The Morgan fingerprint density at radius 1 is 1.10 bits per heavy atom. The van der Waals surface area contributed by atoms with Crippen molar-refractivity contribution >= 4 is 28.6 Å². The molecule has 0 aliphatic heterocycles. The lowest BCUT2D eigenvalue weighted by atomic mass is 9.88. The first kappa shape index (κ1) is 32.0. The number of nitrogens with one attached hydrogen (secondary N) is 2. The normalized spacial score (nSPS) is 15.5. The molecule has 12 heteroatoms. The van der Waals surface area contributed by atoms with E-state index in [0.29, 0.717) is 28.5 Å². The van der Waals surface area contributed by atoms with Crippen LogP contribution in [0.15, 0.2) is 60.9 Å². The van der Waals surface area contributed by atoms with Crippen LogP contribution in [0.5, 0.6) is 5.75 Å². The fraction of sp³-hybridized carbons (Fsp3) is 0.414. The van der Waals surface area contributed by atoms with Gasteiger partial charge in [0.2, 0.25) is 0 Å². The minimum Gasteiger partial charge on any atom is -0.426 e. The average Bonchev–Trinajstić information content (AvgIpc) is 3.43. The van der Waals surface area contributed by atoms with Crippen molar-refractivity contribution in [2.75, 3.05) is 12.4 Å². The quantitative estimate of drug-likeness (QED) is 0.213. The molecule has 2 aromatic carbocycles. The second-order valence-corrected chi connectivity index (χ2v) is 10.3. The van der Waals surface area contributed by atoms with Crippen molar-refractivity contribution in [2.45, 2.75) is 64.7 Å². The number of para-hydroxylation sites is 1. The fourth-order valence-corrected chi connectivity index (χ4v) is 4.28. The molecule has 0 spiro atoms. The predicted molar refractivity (Wildman–Crippen MR) is 154 cm³/mol. The van der Waals surface area contributed by atoms with E-state index in [9.17, 15) is 22.0 Å². The maximum atomic E-state index is 12.9. The molecule has 0 bridgehead atoms. The van der Waals surface area contributed by atoms with Crippen molar-refractivity contribution in [3.8, 4) is 11.4 Å². The summed E-state index contributed by atoms with van der Waals surface area (Å²) in [6, 6.07) is 12.9. The molecule has 0 saturated carbocycles. The van der Waals surface area contributed by atoms with E-state index in [0.717, 1.165) is 49.1 Å². The van der Waals surface area contributed by atoms with Gasteiger partial charge in [-0.05, 0) is 84.8 Å². The van der Waals surface area contributed by atoms with Crippen LogP contribution in [0.25, 0.3) is 11.3 Å². The van der Waals surface area contributed by atoms with E-state index in [1.807, 2.05) is 25.2 Å². The van der Waals surface area contributed by atoms with Crippen molar-refractivity contribution in [1.82, 2.24) is 20.1 Å². The molecule has 1 aliphatic carbocycles. The van der Waals surface area contributed by atoms with Gasteiger partial charge in [-0.25, -0.2) is 9.67 Å². The van der Waals surface area contributed by atoms with Crippen molar-refractivity contribution in [2.24, 2.45) is 5.92 Å². The van der Waals surface area contributed by atoms with Gasteiger partial charge in [-0.15, -0.1) is 5.10 Å². The van der Waals surface area contributed by atoms with Gasteiger partial charge in [-0.2, -0.15) is 22.0 Å². The number of thiocarbonyl (C=S) groups is 1. The summed E-state index contributed by atoms with van der Waals surface area (Å²) >= 11 is 5.06. The van der Waals surface area contributed by atoms with E-state index < -0.39 is 18.0 Å². The van der Waals surface area contributed by atoms with Crippen LogP contribution >= 0.6 is 12.2 Å². The van der Waals surface area contributed by atoms with E-state index in [-0.39, 0.29) is 0 Å². The maximum absolute atomic E-state index is 12.9. The molecule has 222 valence electrons. The second kappa shape index (κ2) is 13.9. The SMILES string of the molecule is CCC1CC=C(c2ncn(-c3ccc(OC(F)(F)C(F)(F)F)cc3)n2)CC1.CNC(=S)Nc1ccccc1C(C)C. The summed E-state index contributed by atoms with van der Waals surface area (Å²) in [5, 5.41) is 11.1. The van der Waals surface area contributed by atoms with E-state index in [2.05, 4.69) is 58.4 Å². The van der Waals surface area contributed by atoms with E-state index in [4.69, 9.17) is 12.2 Å². The molecule has 0 fully saturated rings. The van der Waals surface area contributed by atoms with Gasteiger partial charge in [0.25, 0.3) is 0 Å². The van der Waals surface area contributed by atoms with Crippen LogP contribution in [0.4, 0.5) is 27.6 Å². The van der Waals surface area contributed by atoms with Crippen molar-refractivity contribution in [3.63, 3.8) is 0 Å². The van der Waals surface area contributed by atoms with E-state index >= 15 is 0 Å². The molecule has 1 heterocycles. The topological polar surface area (TPSA) is 64.0 Å². The number of allylic oxidation sites excluding steroid dienone is 2. The van der Waals surface area contributed by atoms with E-state index in [1.165, 1.54) is 28.7 Å². The zero-order valence-corrected chi connectivity index (χ0v) is 24.1. The van der Waals surface area contributed by atoms with Crippen molar-refractivity contribution in [3.05, 3.63) is 72.3 Å². The Hall–Kier alpha value is -3.54. The summed E-state index contributed by atoms with van der Waals surface area (Å²) in [6.07, 6.45) is -3.34. The van der Waals surface area contributed by atoms with Gasteiger partial charge in [-0.1, -0.05) is 51.5 Å². The number of hydrogen-bond acceptors (Lipinski definition) is 4. The van der Waals surface area contributed by atoms with Gasteiger partial charge >= 0.3 is 12.3 Å². The first-order valence-electron chi connectivity index (χ1n) is 13.3. The van der Waals surface area contributed by atoms with E-state index in [1.54, 1.807) is 0 Å². The third-order valence-electron chi connectivity index (χ3n) is 6.61. The van der Waals surface area contributed by atoms with Crippen LogP contribution < -0.4 is 15.4 Å². The summed E-state index contributed by atoms with van der Waals surface area (Å²) in [4.78, 5) is 4.26. The molecule has 0 radical (unpaired) electrons. The molecule has 4 rings (SSSR count). The molecule has 1 unspecified atom stereocenters. The summed E-state index contributed by atoms with van der Waals surface area (Å²) in [7, 11) is 1.81.